The molecule has 1 amide bonds. The van der Waals surface area contributed by atoms with Crippen LogP contribution in [0.5, 0.6) is 5.75 Å². The molecule has 0 heterocycles. The SMILES string of the molecule is CCNCCNC(=O)c1ccccc1OCC. The Morgan fingerprint density at radius 3 is 2.71 bits per heavy atom. The van der Waals surface area contributed by atoms with E-state index in [4.69, 9.17) is 4.74 Å². The maximum atomic E-state index is 11.9. The lowest BCUT2D eigenvalue weighted by Gasteiger charge is -2.10. The Balaban J connectivity index is 2.55. The third-order valence-corrected chi connectivity index (χ3v) is 2.27. The van der Waals surface area contributed by atoms with Gasteiger partial charge in [-0.25, -0.2) is 0 Å². The normalized spacial score (nSPS) is 10.0. The van der Waals surface area contributed by atoms with E-state index in [2.05, 4.69) is 10.6 Å². The predicted molar refractivity (Wildman–Crippen MR) is 68.5 cm³/mol. The third-order valence-electron chi connectivity index (χ3n) is 2.27. The summed E-state index contributed by atoms with van der Waals surface area (Å²) >= 11 is 0. The molecule has 17 heavy (non-hydrogen) atoms. The molecular formula is C13H20N2O2. The van der Waals surface area contributed by atoms with Gasteiger partial charge in [0.2, 0.25) is 0 Å². The van der Waals surface area contributed by atoms with E-state index in [1.165, 1.54) is 0 Å². The van der Waals surface area contributed by atoms with E-state index in [0.29, 0.717) is 24.5 Å². The highest BCUT2D eigenvalue weighted by atomic mass is 16.5. The predicted octanol–water partition coefficient (Wildman–Crippen LogP) is 1.42. The molecule has 4 nitrogen and oxygen atoms in total. The second-order valence-corrected chi connectivity index (χ2v) is 3.54. The van der Waals surface area contributed by atoms with Gasteiger partial charge in [0.1, 0.15) is 5.75 Å². The highest BCUT2D eigenvalue weighted by Crippen LogP contribution is 2.17. The average Bonchev–Trinajstić information content (AvgIpc) is 2.35. The van der Waals surface area contributed by atoms with Crippen molar-refractivity contribution in [2.75, 3.05) is 26.2 Å². The smallest absolute Gasteiger partial charge is 0.255 e. The zero-order valence-corrected chi connectivity index (χ0v) is 10.5. The Morgan fingerprint density at radius 2 is 2.00 bits per heavy atom. The third kappa shape index (κ3) is 4.44. The van der Waals surface area contributed by atoms with Crippen molar-refractivity contribution in [1.29, 1.82) is 0 Å². The number of amides is 1. The molecule has 0 fully saturated rings. The Kier molecular flexibility index (Phi) is 6.10. The number of hydrogen-bond acceptors (Lipinski definition) is 3. The minimum atomic E-state index is -0.0908. The maximum Gasteiger partial charge on any atom is 0.255 e. The lowest BCUT2D eigenvalue weighted by atomic mass is 10.2. The fourth-order valence-electron chi connectivity index (χ4n) is 1.47. The highest BCUT2D eigenvalue weighted by Gasteiger charge is 2.10. The van der Waals surface area contributed by atoms with Crippen LogP contribution in [-0.2, 0) is 0 Å². The summed E-state index contributed by atoms with van der Waals surface area (Å²) in [4.78, 5) is 11.9. The highest BCUT2D eigenvalue weighted by molar-refractivity contribution is 5.96. The molecule has 0 unspecified atom stereocenters. The van der Waals surface area contributed by atoms with Crippen LogP contribution in [-0.4, -0.2) is 32.1 Å². The Hall–Kier alpha value is -1.55. The molecule has 0 aliphatic rings. The molecular weight excluding hydrogens is 216 g/mol. The molecule has 4 heteroatoms. The van der Waals surface area contributed by atoms with E-state index >= 15 is 0 Å². The van der Waals surface area contributed by atoms with Gasteiger partial charge in [0.05, 0.1) is 12.2 Å². The van der Waals surface area contributed by atoms with Gasteiger partial charge in [0, 0.05) is 13.1 Å². The van der Waals surface area contributed by atoms with Crippen LogP contribution < -0.4 is 15.4 Å². The van der Waals surface area contributed by atoms with Crippen molar-refractivity contribution in [1.82, 2.24) is 10.6 Å². The monoisotopic (exact) mass is 236 g/mol. The van der Waals surface area contributed by atoms with E-state index in [1.54, 1.807) is 6.07 Å². The van der Waals surface area contributed by atoms with E-state index in [-0.39, 0.29) is 5.91 Å². The molecule has 0 bridgehead atoms. The van der Waals surface area contributed by atoms with E-state index in [1.807, 2.05) is 32.0 Å². The van der Waals surface area contributed by atoms with E-state index in [0.717, 1.165) is 13.1 Å². The molecule has 0 spiro atoms. The van der Waals surface area contributed by atoms with Gasteiger partial charge in [-0.05, 0) is 25.6 Å². The molecule has 2 N–H and O–H groups in total. The first-order chi connectivity index (χ1) is 8.29. The van der Waals surface area contributed by atoms with Crippen molar-refractivity contribution in [2.45, 2.75) is 13.8 Å². The van der Waals surface area contributed by atoms with Crippen LogP contribution in [0.15, 0.2) is 24.3 Å². The van der Waals surface area contributed by atoms with E-state index < -0.39 is 0 Å². The molecule has 1 aromatic carbocycles. The number of likely N-dealkylation sites (N-methyl/N-ethyl adjacent to an activating group) is 1. The fraction of sp³-hybridized carbons (Fsp3) is 0.462. The summed E-state index contributed by atoms with van der Waals surface area (Å²) < 4.78 is 5.41. The van der Waals surface area contributed by atoms with Gasteiger partial charge in [-0.15, -0.1) is 0 Å². The second kappa shape index (κ2) is 7.68. The molecule has 0 aliphatic heterocycles. The minimum Gasteiger partial charge on any atom is -0.493 e. The van der Waals surface area contributed by atoms with Crippen LogP contribution in [0.1, 0.15) is 24.2 Å². The van der Waals surface area contributed by atoms with Gasteiger partial charge >= 0.3 is 0 Å². The van der Waals surface area contributed by atoms with Crippen molar-refractivity contribution in [2.24, 2.45) is 0 Å². The van der Waals surface area contributed by atoms with Gasteiger partial charge in [0.15, 0.2) is 0 Å². The molecule has 0 saturated heterocycles. The van der Waals surface area contributed by atoms with Crippen molar-refractivity contribution in [3.05, 3.63) is 29.8 Å². The van der Waals surface area contributed by atoms with Crippen molar-refractivity contribution in [3.63, 3.8) is 0 Å². The number of ether oxygens (including phenoxy) is 1. The van der Waals surface area contributed by atoms with Crippen LogP contribution in [0.2, 0.25) is 0 Å². The molecule has 0 radical (unpaired) electrons. The van der Waals surface area contributed by atoms with Crippen molar-refractivity contribution >= 4 is 5.91 Å². The van der Waals surface area contributed by atoms with Crippen LogP contribution in [0.4, 0.5) is 0 Å². The molecule has 1 rings (SSSR count). The summed E-state index contributed by atoms with van der Waals surface area (Å²) in [5.74, 6) is 0.544. The Bertz CT molecular complexity index is 353. The van der Waals surface area contributed by atoms with Gasteiger partial charge in [-0.2, -0.15) is 0 Å². The van der Waals surface area contributed by atoms with Gasteiger partial charge in [-0.3, -0.25) is 4.79 Å². The molecule has 0 saturated carbocycles. The van der Waals surface area contributed by atoms with Crippen molar-refractivity contribution < 1.29 is 9.53 Å². The van der Waals surface area contributed by atoms with Gasteiger partial charge in [-0.1, -0.05) is 19.1 Å². The Labute approximate surface area is 102 Å². The number of carbonyl (C=O) groups is 1. The molecule has 0 atom stereocenters. The number of benzene rings is 1. The van der Waals surface area contributed by atoms with Crippen LogP contribution in [0.3, 0.4) is 0 Å². The first-order valence-corrected chi connectivity index (χ1v) is 6.00. The van der Waals surface area contributed by atoms with Crippen LogP contribution in [0.25, 0.3) is 0 Å². The fourth-order valence-corrected chi connectivity index (χ4v) is 1.47. The van der Waals surface area contributed by atoms with Crippen LogP contribution >= 0.6 is 0 Å². The quantitative estimate of drug-likeness (QED) is 0.704. The summed E-state index contributed by atoms with van der Waals surface area (Å²) in [6.45, 7) is 6.80. The zero-order chi connectivity index (χ0) is 12.5. The first-order valence-electron chi connectivity index (χ1n) is 6.00. The maximum absolute atomic E-state index is 11.9. The largest absolute Gasteiger partial charge is 0.493 e. The topological polar surface area (TPSA) is 50.4 Å². The summed E-state index contributed by atoms with van der Waals surface area (Å²) in [6.07, 6.45) is 0. The van der Waals surface area contributed by atoms with Gasteiger partial charge < -0.3 is 15.4 Å². The number of carbonyl (C=O) groups excluding carboxylic acids is 1. The zero-order valence-electron chi connectivity index (χ0n) is 10.5. The Morgan fingerprint density at radius 1 is 1.24 bits per heavy atom. The second-order valence-electron chi connectivity index (χ2n) is 3.54. The van der Waals surface area contributed by atoms with E-state index in [9.17, 15) is 4.79 Å². The first kappa shape index (κ1) is 13.5. The lowest BCUT2D eigenvalue weighted by molar-refractivity contribution is 0.0950. The van der Waals surface area contributed by atoms with Crippen molar-refractivity contribution in [3.8, 4) is 5.75 Å². The average molecular weight is 236 g/mol. The number of hydrogen-bond donors (Lipinski definition) is 2. The van der Waals surface area contributed by atoms with Gasteiger partial charge in [0.25, 0.3) is 5.91 Å². The summed E-state index contributed by atoms with van der Waals surface area (Å²) in [6, 6.07) is 7.28. The molecule has 1 aromatic rings. The molecule has 0 aromatic heterocycles. The molecule has 94 valence electrons. The minimum absolute atomic E-state index is 0.0908. The summed E-state index contributed by atoms with van der Waals surface area (Å²) in [5.41, 5.74) is 0.589. The van der Waals surface area contributed by atoms with Crippen LogP contribution in [0, 0.1) is 0 Å². The number of nitrogens with one attached hydrogen (secondary N) is 2. The lowest BCUT2D eigenvalue weighted by Crippen LogP contribution is -2.31. The number of rotatable bonds is 7. The molecule has 0 aliphatic carbocycles. The number of para-hydroxylation sites is 1. The summed E-state index contributed by atoms with van der Waals surface area (Å²) in [5, 5.41) is 6.00. The standard InChI is InChI=1S/C13H20N2O2/c1-3-14-9-10-15-13(16)11-7-5-6-8-12(11)17-4-2/h5-8,14H,3-4,9-10H2,1-2H3,(H,15,16). The summed E-state index contributed by atoms with van der Waals surface area (Å²) in [7, 11) is 0.